The van der Waals surface area contributed by atoms with Gasteiger partial charge in [-0.05, 0) is 35.8 Å². The number of hydrogen-bond donors (Lipinski definition) is 1. The van der Waals surface area contributed by atoms with Gasteiger partial charge in [0.25, 0.3) is 10.0 Å². The van der Waals surface area contributed by atoms with Gasteiger partial charge in [-0.25, -0.2) is 8.42 Å². The highest BCUT2D eigenvalue weighted by atomic mass is 79.9. The molecule has 0 aliphatic heterocycles. The van der Waals surface area contributed by atoms with Crippen LogP contribution in [0.3, 0.4) is 0 Å². The van der Waals surface area contributed by atoms with Gasteiger partial charge in [-0.2, -0.15) is 5.10 Å². The Morgan fingerprint density at radius 2 is 2.05 bits per heavy atom. The number of anilines is 1. The van der Waals surface area contributed by atoms with Crippen LogP contribution in [-0.4, -0.2) is 23.2 Å². The molecule has 102 valence electrons. The molecule has 0 amide bonds. The maximum atomic E-state index is 12.1. The van der Waals surface area contributed by atoms with E-state index in [4.69, 9.17) is 0 Å². The van der Waals surface area contributed by atoms with Crippen LogP contribution in [0.2, 0.25) is 0 Å². The molecule has 0 aliphatic rings. The molecule has 2 rings (SSSR count). The highest BCUT2D eigenvalue weighted by Crippen LogP contribution is 2.18. The summed E-state index contributed by atoms with van der Waals surface area (Å²) in [5.74, 6) is 0. The lowest BCUT2D eigenvalue weighted by Crippen LogP contribution is -2.12. The van der Waals surface area contributed by atoms with Gasteiger partial charge in [0.1, 0.15) is 4.90 Å². The van der Waals surface area contributed by atoms with Gasteiger partial charge < -0.3 is 0 Å². The predicted octanol–water partition coefficient (Wildman–Crippen LogP) is 2.42. The molecule has 0 aromatic carbocycles. The fraction of sp³-hybridized carbons (Fsp3) is 0.273. The Bertz CT molecular complexity index is 682. The zero-order valence-electron chi connectivity index (χ0n) is 10.4. The van der Waals surface area contributed by atoms with Crippen LogP contribution in [0.25, 0.3) is 0 Å². The van der Waals surface area contributed by atoms with Crippen molar-refractivity contribution in [1.82, 2.24) is 14.8 Å². The Balaban J connectivity index is 2.26. The van der Waals surface area contributed by atoms with Crippen LogP contribution in [0.5, 0.6) is 0 Å². The van der Waals surface area contributed by atoms with Gasteiger partial charge in [0.05, 0.1) is 11.9 Å². The first-order chi connectivity index (χ1) is 8.88. The van der Waals surface area contributed by atoms with Crippen molar-refractivity contribution in [2.45, 2.75) is 24.8 Å². The Kier molecular flexibility index (Phi) is 3.91. The van der Waals surface area contributed by atoms with Crippen molar-refractivity contribution in [3.8, 4) is 0 Å². The molecule has 0 bridgehead atoms. The molecule has 0 spiro atoms. The maximum absolute atomic E-state index is 12.1. The summed E-state index contributed by atoms with van der Waals surface area (Å²) in [5, 5.41) is 4.08. The normalized spacial score (nSPS) is 11.8. The second-order valence-corrected chi connectivity index (χ2v) is 6.85. The number of rotatable bonds is 4. The molecule has 6 nitrogen and oxygen atoms in total. The summed E-state index contributed by atoms with van der Waals surface area (Å²) < 4.78 is 29.0. The number of nitrogens with one attached hydrogen (secondary N) is 1. The third-order valence-electron chi connectivity index (χ3n) is 2.37. The molecular formula is C11H13BrN4O2S. The number of nitrogens with zero attached hydrogens (tertiary/aromatic N) is 3. The molecule has 0 radical (unpaired) electrons. The summed E-state index contributed by atoms with van der Waals surface area (Å²) in [7, 11) is -3.64. The minimum absolute atomic E-state index is 0.0965. The van der Waals surface area contributed by atoms with E-state index >= 15 is 0 Å². The van der Waals surface area contributed by atoms with E-state index in [1.165, 1.54) is 24.7 Å². The van der Waals surface area contributed by atoms with E-state index in [1.807, 2.05) is 13.8 Å². The lowest BCUT2D eigenvalue weighted by atomic mass is 10.4. The molecule has 0 aliphatic carbocycles. The Labute approximate surface area is 120 Å². The molecule has 0 saturated heterocycles. The van der Waals surface area contributed by atoms with E-state index in [-0.39, 0.29) is 10.9 Å². The summed E-state index contributed by atoms with van der Waals surface area (Å²) >= 11 is 3.19. The van der Waals surface area contributed by atoms with Gasteiger partial charge in [-0.3, -0.25) is 14.4 Å². The zero-order valence-corrected chi connectivity index (χ0v) is 12.8. The van der Waals surface area contributed by atoms with Crippen molar-refractivity contribution in [3.63, 3.8) is 0 Å². The molecule has 2 aromatic rings. The summed E-state index contributed by atoms with van der Waals surface area (Å²) in [5.41, 5.74) is 0.425. The van der Waals surface area contributed by atoms with Gasteiger partial charge in [0.2, 0.25) is 0 Å². The number of sulfonamides is 1. The van der Waals surface area contributed by atoms with Crippen molar-refractivity contribution < 1.29 is 8.42 Å². The molecule has 0 unspecified atom stereocenters. The number of hydrogen-bond acceptors (Lipinski definition) is 4. The topological polar surface area (TPSA) is 76.9 Å². The van der Waals surface area contributed by atoms with Crippen molar-refractivity contribution in [2.24, 2.45) is 0 Å². The summed E-state index contributed by atoms with van der Waals surface area (Å²) in [4.78, 5) is 3.94. The quantitative estimate of drug-likeness (QED) is 0.923. The lowest BCUT2D eigenvalue weighted by molar-refractivity contribution is 0.532. The fourth-order valence-electron chi connectivity index (χ4n) is 1.43. The third kappa shape index (κ3) is 3.32. The van der Waals surface area contributed by atoms with Crippen LogP contribution in [0.1, 0.15) is 19.9 Å². The molecule has 2 aromatic heterocycles. The highest BCUT2D eigenvalue weighted by molar-refractivity contribution is 9.10. The zero-order chi connectivity index (χ0) is 14.0. The second-order valence-electron chi connectivity index (χ2n) is 4.25. The van der Waals surface area contributed by atoms with E-state index in [0.29, 0.717) is 10.2 Å². The van der Waals surface area contributed by atoms with Gasteiger partial charge in [0, 0.05) is 29.1 Å². The standard InChI is InChI=1S/C11H13BrN4O2S/c1-8(2)16-7-10(5-14-16)15-19(17,18)11-3-9(12)4-13-6-11/h3-8,15H,1-2H3. The number of halogens is 1. The van der Waals surface area contributed by atoms with Crippen molar-refractivity contribution in [3.05, 3.63) is 35.3 Å². The predicted molar refractivity (Wildman–Crippen MR) is 75.4 cm³/mol. The molecule has 0 atom stereocenters. The summed E-state index contributed by atoms with van der Waals surface area (Å²) in [6, 6.07) is 1.66. The monoisotopic (exact) mass is 344 g/mol. The average Bonchev–Trinajstić information content (AvgIpc) is 2.77. The highest BCUT2D eigenvalue weighted by Gasteiger charge is 2.16. The number of pyridine rings is 1. The third-order valence-corrected chi connectivity index (χ3v) is 4.15. The molecule has 8 heteroatoms. The average molecular weight is 345 g/mol. The smallest absolute Gasteiger partial charge is 0.263 e. The Hall–Kier alpha value is -1.41. The van der Waals surface area contributed by atoms with Crippen LogP contribution in [-0.2, 0) is 10.0 Å². The van der Waals surface area contributed by atoms with Crippen molar-refractivity contribution in [1.29, 1.82) is 0 Å². The van der Waals surface area contributed by atoms with Gasteiger partial charge >= 0.3 is 0 Å². The van der Waals surface area contributed by atoms with Gasteiger partial charge in [-0.15, -0.1) is 0 Å². The SMILES string of the molecule is CC(C)n1cc(NS(=O)(=O)c2cncc(Br)c2)cn1. The number of aromatic nitrogens is 3. The fourth-order valence-corrected chi connectivity index (χ4v) is 2.96. The lowest BCUT2D eigenvalue weighted by Gasteiger charge is -2.06. The molecule has 0 saturated carbocycles. The van der Waals surface area contributed by atoms with E-state index in [0.717, 1.165) is 0 Å². The second kappa shape index (κ2) is 5.30. The van der Waals surface area contributed by atoms with Crippen LogP contribution in [0, 0.1) is 0 Å². The van der Waals surface area contributed by atoms with Gasteiger partial charge in [0.15, 0.2) is 0 Å². The van der Waals surface area contributed by atoms with E-state index < -0.39 is 10.0 Å². The molecule has 0 fully saturated rings. The van der Waals surface area contributed by atoms with Gasteiger partial charge in [-0.1, -0.05) is 0 Å². The molecular weight excluding hydrogens is 332 g/mol. The minimum Gasteiger partial charge on any atom is -0.276 e. The van der Waals surface area contributed by atoms with Crippen molar-refractivity contribution >= 4 is 31.6 Å². The molecule has 19 heavy (non-hydrogen) atoms. The summed E-state index contributed by atoms with van der Waals surface area (Å²) in [6.07, 6.45) is 5.94. The Morgan fingerprint density at radius 3 is 2.63 bits per heavy atom. The van der Waals surface area contributed by atoms with Crippen LogP contribution >= 0.6 is 15.9 Å². The van der Waals surface area contributed by atoms with E-state index in [9.17, 15) is 8.42 Å². The minimum atomic E-state index is -3.64. The Morgan fingerprint density at radius 1 is 1.32 bits per heavy atom. The first kappa shape index (κ1) is 14.0. The van der Waals surface area contributed by atoms with E-state index in [1.54, 1.807) is 10.9 Å². The first-order valence-electron chi connectivity index (χ1n) is 5.56. The molecule has 2 heterocycles. The van der Waals surface area contributed by atoms with Crippen molar-refractivity contribution in [2.75, 3.05) is 4.72 Å². The largest absolute Gasteiger partial charge is 0.276 e. The van der Waals surface area contributed by atoms with Crippen LogP contribution in [0.4, 0.5) is 5.69 Å². The van der Waals surface area contributed by atoms with Crippen LogP contribution < -0.4 is 4.72 Å². The summed E-state index contributed by atoms with van der Waals surface area (Å²) in [6.45, 7) is 3.92. The maximum Gasteiger partial charge on any atom is 0.263 e. The van der Waals surface area contributed by atoms with E-state index in [2.05, 4.69) is 30.7 Å². The first-order valence-corrected chi connectivity index (χ1v) is 7.83. The van der Waals surface area contributed by atoms with Crippen LogP contribution in [0.15, 0.2) is 40.2 Å². The molecule has 1 N–H and O–H groups in total.